The van der Waals surface area contributed by atoms with Crippen molar-refractivity contribution in [3.05, 3.63) is 0 Å². The molecule has 0 heterocycles. The van der Waals surface area contributed by atoms with Gasteiger partial charge in [0.15, 0.2) is 33.5 Å². The molecule has 136 heavy (non-hydrogen) atoms. The standard InChI is InChI=1S/C17H28F4O5.C15H24F4O5.C11H18F2O4.C10H16F4O6S.C10H16F2O4.C9H14F4O5S.C9H16F2O2/c1-8-11(2)12(22)25-15(6,13(23)26-14(3,4)5)24-10-9-17(20,21)16(7,18)19;1-6-10(3)11(20)24-13(4,12(21)22-7-2)23-9-8-15(18,19)14(5,16)17;1-5-10(2,3)8(14)16-6-7-17-9(15)11(4,12)13;1-4-8(2,3)7(15)19-5-6-20-9(11,12)10(13,14)21(16,17)18;1-5-9(2,3)7(13)15-6-16-8(14)10(4,11)12;1-4-7(2,3)6(14)18-5-8(10,11)9(12,13)19(15,16)17;1-5-8(2,3)7(12)13-6-9(4,10)11/h11H,8-10H2,1-7H3;10H,6-9H2,1-5H3;5-7H2,1-4H3;4-6H2,1-3H3,(H,16,17,18);5-6H2,1-4H3;4-5H2,1-3H3,(H,15,16,17);5-6H2,1-4H3/p-2. The first-order chi connectivity index (χ1) is 60.0. The van der Waals surface area contributed by atoms with Gasteiger partial charge < -0.3 is 75.4 Å². The van der Waals surface area contributed by atoms with Crippen LogP contribution in [0.1, 0.15) is 265 Å². The average Bonchev–Trinajstić information content (AvgIpc) is 0.781. The fraction of sp³-hybridized carbons (Fsp3) is 0.864. The van der Waals surface area contributed by atoms with Gasteiger partial charge >= 0.3 is 135 Å². The van der Waals surface area contributed by atoms with Crippen LogP contribution in [0.2, 0.25) is 0 Å². The second kappa shape index (κ2) is 56.1. The number of esters is 11. The number of carbonyl (C=O) groups is 11. The molecule has 55 heteroatoms. The van der Waals surface area contributed by atoms with Gasteiger partial charge in [0.2, 0.25) is 6.79 Å². The number of hydrogen-bond donors (Lipinski definition) is 0. The van der Waals surface area contributed by atoms with Crippen LogP contribution in [0.4, 0.5) is 96.6 Å². The van der Waals surface area contributed by atoms with E-state index in [1.54, 1.807) is 104 Å². The fourth-order valence-corrected chi connectivity index (χ4v) is 7.28. The van der Waals surface area contributed by atoms with Crippen molar-refractivity contribution in [1.29, 1.82) is 0 Å². The van der Waals surface area contributed by atoms with E-state index in [4.69, 9.17) is 33.2 Å². The average molecular weight is 2080 g/mol. The minimum absolute atomic E-state index is 0.0676. The van der Waals surface area contributed by atoms with Crippen molar-refractivity contribution >= 4 is 85.9 Å². The Hall–Kier alpha value is -7.67. The SMILES string of the molecule is CCC(C)(C)C(=O)OCC(C)(F)F.CCC(C)(C)C(=O)OCC(F)(F)C(F)(F)S(=O)(=O)[O-].CCC(C)(C)C(=O)OCCOC(=O)C(C)(F)F.CCC(C)(C)C(=O)OCCOC(F)(F)C(F)(F)S(=O)(=O)[O-].CCC(C)(C)C(=O)OCOC(=O)C(C)(F)F.CCC(C)C(=O)OC(C)(OCCC(F)(F)C(C)(F)F)C(=O)OC(C)(C)C.CCOC(=O)C(C)(OCCC(F)(F)C(C)(F)F)OC(=O)C(C)CC. The second-order valence-corrected chi connectivity index (χ2v) is 37.4. The van der Waals surface area contributed by atoms with Gasteiger partial charge in [-0.3, -0.25) is 33.6 Å². The molecule has 0 bridgehead atoms. The maximum atomic E-state index is 13.4. The summed E-state index contributed by atoms with van der Waals surface area (Å²) in [5, 5.41) is -11.8. The molecule has 0 aliphatic rings. The predicted octanol–water partition coefficient (Wildman–Crippen LogP) is 18.2. The smallest absolute Gasteiger partial charge is 0.433 e. The Morgan fingerprint density at radius 1 is 0.294 bits per heavy atom. The van der Waals surface area contributed by atoms with E-state index in [9.17, 15) is 175 Å². The highest BCUT2D eigenvalue weighted by Crippen LogP contribution is 2.43. The quantitative estimate of drug-likeness (QED) is 0.0136. The van der Waals surface area contributed by atoms with Gasteiger partial charge in [0.1, 0.15) is 25.4 Å². The van der Waals surface area contributed by atoms with E-state index < -0.39 is 265 Å². The normalized spacial score (nSPS) is 14.4. The summed E-state index contributed by atoms with van der Waals surface area (Å²) in [6.07, 6.45) is -5.16. The summed E-state index contributed by atoms with van der Waals surface area (Å²) in [6, 6.07) is 0. The molecule has 0 fully saturated rings. The Morgan fingerprint density at radius 2 is 0.559 bits per heavy atom. The first kappa shape index (κ1) is 141. The topological polar surface area (TPSA) is 431 Å². The summed E-state index contributed by atoms with van der Waals surface area (Å²) in [6.45, 7) is 32.5. The van der Waals surface area contributed by atoms with Crippen LogP contribution in [0.5, 0.6) is 0 Å². The van der Waals surface area contributed by atoms with Crippen molar-refractivity contribution in [3.63, 3.8) is 0 Å². The van der Waals surface area contributed by atoms with Crippen LogP contribution in [-0.4, -0.2) is 239 Å². The first-order valence-corrected chi connectivity index (χ1v) is 43.9. The van der Waals surface area contributed by atoms with Gasteiger partial charge in [-0.05, 0) is 142 Å². The van der Waals surface area contributed by atoms with Crippen molar-refractivity contribution in [2.24, 2.45) is 38.9 Å². The summed E-state index contributed by atoms with van der Waals surface area (Å²) >= 11 is 0. The summed E-state index contributed by atoms with van der Waals surface area (Å²) in [4.78, 5) is 126. The molecule has 0 spiro atoms. The molecular weight excluding hydrogens is 1950 g/mol. The molecule has 0 saturated heterocycles. The monoisotopic (exact) mass is 2080 g/mol. The lowest BCUT2D eigenvalue weighted by Gasteiger charge is -2.32. The maximum absolute atomic E-state index is 13.4. The third-order valence-electron chi connectivity index (χ3n) is 18.6. The van der Waals surface area contributed by atoms with Gasteiger partial charge in [0.05, 0.1) is 65.3 Å². The number of carbonyl (C=O) groups excluding carboxylic acids is 11. The Labute approximate surface area is 776 Å². The van der Waals surface area contributed by atoms with Gasteiger partial charge in [-0.25, -0.2) is 62.4 Å². The van der Waals surface area contributed by atoms with Crippen LogP contribution < -0.4 is 0 Å². The number of ether oxygens (including phenoxy) is 14. The Bertz CT molecular complexity index is 3960. The number of rotatable bonds is 48. The Balaban J connectivity index is -0.000000288. The molecule has 0 aromatic rings. The molecule has 0 N–H and O–H groups in total. The van der Waals surface area contributed by atoms with E-state index in [1.165, 1.54) is 41.5 Å². The van der Waals surface area contributed by atoms with Crippen LogP contribution in [0.25, 0.3) is 0 Å². The van der Waals surface area contributed by atoms with Crippen LogP contribution in [0, 0.1) is 38.9 Å². The molecule has 0 saturated carbocycles. The van der Waals surface area contributed by atoms with Gasteiger partial charge in [-0.15, -0.1) is 0 Å². The summed E-state index contributed by atoms with van der Waals surface area (Å²) < 4.78 is 405. The lowest BCUT2D eigenvalue weighted by Crippen LogP contribution is -2.50. The van der Waals surface area contributed by atoms with E-state index in [0.717, 1.165) is 20.8 Å². The molecule has 0 aromatic heterocycles. The predicted molar refractivity (Wildman–Crippen MR) is 432 cm³/mol. The van der Waals surface area contributed by atoms with Crippen molar-refractivity contribution in [2.75, 3.05) is 66.3 Å². The van der Waals surface area contributed by atoms with E-state index in [-0.39, 0.29) is 40.1 Å². The molecule has 808 valence electrons. The largest absolute Gasteiger partial charge is 0.743 e. The van der Waals surface area contributed by atoms with Crippen molar-refractivity contribution < 1.29 is 242 Å². The van der Waals surface area contributed by atoms with Crippen LogP contribution in [-0.2, 0) is 139 Å². The van der Waals surface area contributed by atoms with E-state index in [1.807, 2.05) is 13.8 Å². The highest BCUT2D eigenvalue weighted by Gasteiger charge is 2.65. The highest BCUT2D eigenvalue weighted by atomic mass is 32.2. The zero-order valence-corrected chi connectivity index (χ0v) is 83.0. The minimum Gasteiger partial charge on any atom is -0.743 e. The summed E-state index contributed by atoms with van der Waals surface area (Å²) in [5.41, 5.74) is -5.08. The Kier molecular flexibility index (Phi) is 58.3. The molecule has 0 radical (unpaired) electrons. The molecule has 0 aromatic carbocycles. The fourth-order valence-electron chi connectivity index (χ4n) is 6.50. The summed E-state index contributed by atoms with van der Waals surface area (Å²) in [5.74, 6) is -49.0. The van der Waals surface area contributed by atoms with Crippen molar-refractivity contribution in [1.82, 2.24) is 0 Å². The zero-order valence-electron chi connectivity index (χ0n) is 81.4. The van der Waals surface area contributed by atoms with Gasteiger partial charge in [-0.2, -0.15) is 70.2 Å². The lowest BCUT2D eigenvalue weighted by atomic mass is 9.91. The van der Waals surface area contributed by atoms with Crippen LogP contribution in [0.3, 0.4) is 0 Å². The third kappa shape index (κ3) is 52.5. The second-order valence-electron chi connectivity index (χ2n) is 34.5. The van der Waals surface area contributed by atoms with E-state index in [0.29, 0.717) is 52.4 Å². The number of hydrogen-bond acceptors (Lipinski definition) is 31. The van der Waals surface area contributed by atoms with Crippen LogP contribution >= 0.6 is 0 Å². The number of halogens is 22. The van der Waals surface area contributed by atoms with Crippen molar-refractivity contribution in [3.8, 4) is 0 Å². The minimum atomic E-state index is -6.61. The van der Waals surface area contributed by atoms with Crippen LogP contribution in [0.15, 0.2) is 0 Å². The molecular formula is C81H130F22O31S2-2. The maximum Gasteiger partial charge on any atom is 0.433 e. The highest BCUT2D eigenvalue weighted by molar-refractivity contribution is 7.87. The molecule has 4 unspecified atom stereocenters. The molecule has 0 amide bonds. The summed E-state index contributed by atoms with van der Waals surface area (Å²) in [7, 11) is -13.2. The molecule has 4 atom stereocenters. The molecule has 0 rings (SSSR count). The third-order valence-corrected chi connectivity index (χ3v) is 20.4. The van der Waals surface area contributed by atoms with E-state index in [2.05, 4.69) is 33.2 Å². The molecule has 0 aliphatic carbocycles. The number of alkyl halides is 22. The molecule has 31 nitrogen and oxygen atoms in total. The zero-order chi connectivity index (χ0) is 110. The lowest BCUT2D eigenvalue weighted by molar-refractivity contribution is -0.320. The van der Waals surface area contributed by atoms with Gasteiger partial charge in [0.25, 0.3) is 5.92 Å². The molecule has 0 aliphatic heterocycles. The van der Waals surface area contributed by atoms with Gasteiger partial charge in [-0.1, -0.05) is 62.3 Å². The Morgan fingerprint density at radius 3 is 0.824 bits per heavy atom. The van der Waals surface area contributed by atoms with E-state index >= 15 is 0 Å². The van der Waals surface area contributed by atoms with Crippen molar-refractivity contribution in [2.45, 2.75) is 347 Å². The van der Waals surface area contributed by atoms with Gasteiger partial charge in [0, 0.05) is 61.3 Å². The first-order valence-electron chi connectivity index (χ1n) is 41.1.